The number of hydrogen-bond acceptors (Lipinski definition) is 4. The molecule has 5 N–H and O–H groups in total. The van der Waals surface area contributed by atoms with Crippen molar-refractivity contribution in [2.75, 3.05) is 6.54 Å². The highest BCUT2D eigenvalue weighted by molar-refractivity contribution is 5.94. The van der Waals surface area contributed by atoms with Crippen molar-refractivity contribution in [2.24, 2.45) is 17.1 Å². The molecule has 0 saturated heterocycles. The van der Waals surface area contributed by atoms with Crippen molar-refractivity contribution in [1.82, 2.24) is 16.0 Å². The second-order valence-corrected chi connectivity index (χ2v) is 10.1. The van der Waals surface area contributed by atoms with Crippen molar-refractivity contribution in [1.29, 1.82) is 0 Å². The van der Waals surface area contributed by atoms with Crippen molar-refractivity contribution >= 4 is 17.7 Å². The number of carbonyl (C=O) groups excluding carboxylic acids is 3. The van der Waals surface area contributed by atoms with Crippen molar-refractivity contribution in [3.05, 3.63) is 0 Å². The molecule has 2 atom stereocenters. The largest absolute Gasteiger partial charge is 0.352 e. The van der Waals surface area contributed by atoms with Gasteiger partial charge in [0.05, 0.1) is 12.1 Å². The predicted molar refractivity (Wildman–Crippen MR) is 132 cm³/mol. The van der Waals surface area contributed by atoms with E-state index in [9.17, 15) is 14.4 Å². The molecule has 2 unspecified atom stereocenters. The molecule has 0 rings (SSSR count). The molecule has 0 aromatic rings. The van der Waals surface area contributed by atoms with Gasteiger partial charge in [0, 0.05) is 17.5 Å². The highest BCUT2D eigenvalue weighted by atomic mass is 16.2. The molecule has 0 aliphatic carbocycles. The van der Waals surface area contributed by atoms with E-state index in [1.807, 2.05) is 34.6 Å². The summed E-state index contributed by atoms with van der Waals surface area (Å²) in [7, 11) is 0. The van der Waals surface area contributed by atoms with Gasteiger partial charge in [-0.25, -0.2) is 4.79 Å². The number of urea groups is 1. The number of carbonyl (C=O) groups is 3. The molecule has 188 valence electrons. The summed E-state index contributed by atoms with van der Waals surface area (Å²) < 4.78 is 0. The Hall–Kier alpha value is -1.63. The average molecular weight is 455 g/mol. The standard InChI is InChI=1S/C25H50N4O3/c1-9-15-25(8,16-10-2)29-20(18(5)6)22(31)28-19(14-13-17-27-23(26)32)21(30)24(7,11-3)12-4/h18-20,29H,9-17H2,1-8H3,(H,28,31)(H3,26,27,32). The molecule has 0 aromatic heterocycles. The maximum absolute atomic E-state index is 13.4. The van der Waals surface area contributed by atoms with Crippen molar-refractivity contribution in [2.45, 2.75) is 124 Å². The van der Waals surface area contributed by atoms with Crippen molar-refractivity contribution < 1.29 is 14.4 Å². The predicted octanol–water partition coefficient (Wildman–Crippen LogP) is 4.29. The lowest BCUT2D eigenvalue weighted by atomic mass is 9.76. The number of hydrogen-bond donors (Lipinski definition) is 4. The van der Waals surface area contributed by atoms with E-state index >= 15 is 0 Å². The Morgan fingerprint density at radius 1 is 0.938 bits per heavy atom. The molecule has 0 aliphatic heterocycles. The van der Waals surface area contributed by atoms with Crippen LogP contribution in [0.25, 0.3) is 0 Å². The molecule has 7 nitrogen and oxygen atoms in total. The SMILES string of the molecule is CCCC(C)(CCC)NC(C(=O)NC(CCCNC(N)=O)C(=O)C(C)(CC)CC)C(C)C. The highest BCUT2D eigenvalue weighted by Crippen LogP contribution is 2.29. The molecule has 7 heteroatoms. The van der Waals surface area contributed by atoms with Gasteiger partial charge in [-0.1, -0.05) is 61.3 Å². The molecule has 0 spiro atoms. The summed E-state index contributed by atoms with van der Waals surface area (Å²) in [5.74, 6) is 0.00978. The van der Waals surface area contributed by atoms with E-state index in [-0.39, 0.29) is 29.2 Å². The van der Waals surface area contributed by atoms with E-state index in [1.54, 1.807) is 0 Å². The lowest BCUT2D eigenvalue weighted by molar-refractivity contribution is -0.135. The van der Waals surface area contributed by atoms with Crippen LogP contribution in [0.5, 0.6) is 0 Å². The Balaban J connectivity index is 5.62. The van der Waals surface area contributed by atoms with Crippen LogP contribution >= 0.6 is 0 Å². The first-order chi connectivity index (χ1) is 14.9. The summed E-state index contributed by atoms with van der Waals surface area (Å²) >= 11 is 0. The zero-order chi connectivity index (χ0) is 24.9. The van der Waals surface area contributed by atoms with Crippen LogP contribution < -0.4 is 21.7 Å². The fraction of sp³-hybridized carbons (Fsp3) is 0.880. The van der Waals surface area contributed by atoms with Gasteiger partial charge in [-0.2, -0.15) is 0 Å². The molecule has 3 amide bonds. The van der Waals surface area contributed by atoms with Gasteiger partial charge in [0.15, 0.2) is 5.78 Å². The summed E-state index contributed by atoms with van der Waals surface area (Å²) in [5, 5.41) is 9.26. The van der Waals surface area contributed by atoms with E-state index in [4.69, 9.17) is 5.73 Å². The maximum atomic E-state index is 13.4. The first-order valence-electron chi connectivity index (χ1n) is 12.5. The summed E-state index contributed by atoms with van der Waals surface area (Å²) in [6.07, 6.45) is 6.50. The molecule has 32 heavy (non-hydrogen) atoms. The van der Waals surface area contributed by atoms with E-state index in [1.165, 1.54) is 0 Å². The van der Waals surface area contributed by atoms with E-state index < -0.39 is 17.5 Å². The van der Waals surface area contributed by atoms with Crippen LogP contribution in [0, 0.1) is 11.3 Å². The lowest BCUT2D eigenvalue weighted by Crippen LogP contribution is -2.59. The Labute approximate surface area is 196 Å². The highest BCUT2D eigenvalue weighted by Gasteiger charge is 2.38. The van der Waals surface area contributed by atoms with Gasteiger partial charge in [0.1, 0.15) is 0 Å². The van der Waals surface area contributed by atoms with Crippen LogP contribution in [0.3, 0.4) is 0 Å². The van der Waals surface area contributed by atoms with Gasteiger partial charge in [-0.3, -0.25) is 9.59 Å². The van der Waals surface area contributed by atoms with Gasteiger partial charge in [0.2, 0.25) is 5.91 Å². The van der Waals surface area contributed by atoms with Crippen LogP contribution in [-0.2, 0) is 9.59 Å². The van der Waals surface area contributed by atoms with Gasteiger partial charge in [-0.15, -0.1) is 0 Å². The molecule has 0 heterocycles. The van der Waals surface area contributed by atoms with E-state index in [0.717, 1.165) is 25.7 Å². The zero-order valence-corrected chi connectivity index (χ0v) is 21.9. The second kappa shape index (κ2) is 14.5. The second-order valence-electron chi connectivity index (χ2n) is 10.1. The quantitative estimate of drug-likeness (QED) is 0.246. The van der Waals surface area contributed by atoms with Crippen LogP contribution in [0.1, 0.15) is 107 Å². The Kier molecular flexibility index (Phi) is 13.8. The minimum absolute atomic E-state index is 0.0577. The molecule has 0 fully saturated rings. The first-order valence-corrected chi connectivity index (χ1v) is 12.5. The summed E-state index contributed by atoms with van der Waals surface area (Å²) in [5.41, 5.74) is 4.53. The monoisotopic (exact) mass is 454 g/mol. The topological polar surface area (TPSA) is 113 Å². The fourth-order valence-corrected chi connectivity index (χ4v) is 4.35. The number of nitrogens with one attached hydrogen (secondary N) is 3. The Morgan fingerprint density at radius 3 is 1.88 bits per heavy atom. The molecule has 0 aromatic carbocycles. The van der Waals surface area contributed by atoms with E-state index in [2.05, 4.69) is 36.7 Å². The summed E-state index contributed by atoms with van der Waals surface area (Å²) in [4.78, 5) is 37.8. The number of rotatable bonds is 17. The van der Waals surface area contributed by atoms with Crippen molar-refractivity contribution in [3.63, 3.8) is 0 Å². The Morgan fingerprint density at radius 2 is 1.47 bits per heavy atom. The number of ketones is 1. The molecular weight excluding hydrogens is 404 g/mol. The lowest BCUT2D eigenvalue weighted by Gasteiger charge is -2.37. The van der Waals surface area contributed by atoms with E-state index in [0.29, 0.717) is 32.2 Å². The Bertz CT molecular complexity index is 582. The van der Waals surface area contributed by atoms with Gasteiger partial charge in [0.25, 0.3) is 0 Å². The molecule has 0 bridgehead atoms. The first kappa shape index (κ1) is 30.4. The average Bonchev–Trinajstić information content (AvgIpc) is 2.72. The minimum atomic E-state index is -0.589. The fourth-order valence-electron chi connectivity index (χ4n) is 4.35. The van der Waals surface area contributed by atoms with Crippen LogP contribution in [-0.4, -0.2) is 41.9 Å². The maximum Gasteiger partial charge on any atom is 0.312 e. The molecule has 0 saturated carbocycles. The van der Waals surface area contributed by atoms with Crippen LogP contribution in [0.2, 0.25) is 0 Å². The number of Topliss-reactive ketones (excluding diaryl/α,β-unsaturated/α-hetero) is 1. The third-order valence-corrected chi connectivity index (χ3v) is 6.81. The molecule has 0 radical (unpaired) electrons. The molecular formula is C25H50N4O3. The zero-order valence-electron chi connectivity index (χ0n) is 21.9. The van der Waals surface area contributed by atoms with Crippen LogP contribution in [0.4, 0.5) is 4.79 Å². The van der Waals surface area contributed by atoms with Crippen molar-refractivity contribution in [3.8, 4) is 0 Å². The normalized spacial score (nSPS) is 14.2. The number of nitrogens with two attached hydrogens (primary N) is 1. The smallest absolute Gasteiger partial charge is 0.312 e. The van der Waals surface area contributed by atoms with Gasteiger partial charge >= 0.3 is 6.03 Å². The van der Waals surface area contributed by atoms with Crippen LogP contribution in [0.15, 0.2) is 0 Å². The summed E-state index contributed by atoms with van der Waals surface area (Å²) in [6.45, 7) is 16.9. The third-order valence-electron chi connectivity index (χ3n) is 6.81. The number of primary amides is 1. The molecule has 0 aliphatic rings. The summed E-state index contributed by atoms with van der Waals surface area (Å²) in [6, 6.07) is -1.56. The van der Waals surface area contributed by atoms with Gasteiger partial charge < -0.3 is 21.7 Å². The third kappa shape index (κ3) is 9.88. The minimum Gasteiger partial charge on any atom is -0.352 e. The van der Waals surface area contributed by atoms with Gasteiger partial charge in [-0.05, 0) is 51.4 Å². The number of amides is 3.